The van der Waals surface area contributed by atoms with Crippen LogP contribution in [0.3, 0.4) is 0 Å². The molecule has 2 saturated carbocycles. The van der Waals surface area contributed by atoms with Crippen LogP contribution in [0.4, 0.5) is 5.69 Å². The molecule has 35 heavy (non-hydrogen) atoms. The van der Waals surface area contributed by atoms with Gasteiger partial charge in [0, 0.05) is 28.7 Å². The van der Waals surface area contributed by atoms with E-state index in [0.29, 0.717) is 45.3 Å². The first-order valence-electron chi connectivity index (χ1n) is 12.4. The molecule has 4 unspecified atom stereocenters. The molecule has 6 nitrogen and oxygen atoms in total. The first kappa shape index (κ1) is 24.1. The van der Waals surface area contributed by atoms with E-state index < -0.39 is 5.97 Å². The highest BCUT2D eigenvalue weighted by atomic mass is 32.2. The van der Waals surface area contributed by atoms with Gasteiger partial charge in [0.2, 0.25) is 0 Å². The lowest BCUT2D eigenvalue weighted by Crippen LogP contribution is -2.37. The van der Waals surface area contributed by atoms with Gasteiger partial charge in [-0.1, -0.05) is 31.2 Å². The molecular weight excluding hydrogens is 462 g/mol. The number of rotatable bonds is 5. The number of ether oxygens (including phenoxy) is 2. The Bertz CT molecular complexity index is 1190. The normalized spacial score (nSPS) is 25.4. The van der Waals surface area contributed by atoms with Crippen molar-refractivity contribution in [2.24, 2.45) is 11.8 Å². The number of anilines is 1. The molecule has 2 aromatic carbocycles. The van der Waals surface area contributed by atoms with Gasteiger partial charge in [-0.3, -0.25) is 9.59 Å². The van der Waals surface area contributed by atoms with Gasteiger partial charge in [0.05, 0.1) is 22.9 Å². The minimum atomic E-state index is -0.517. The van der Waals surface area contributed by atoms with Gasteiger partial charge in [-0.15, -0.1) is 11.8 Å². The fourth-order valence-corrected chi connectivity index (χ4v) is 6.91. The molecule has 0 radical (unpaired) electrons. The molecule has 0 bridgehead atoms. The number of ketones is 2. The first-order chi connectivity index (χ1) is 16.9. The van der Waals surface area contributed by atoms with Crippen molar-refractivity contribution in [2.45, 2.75) is 62.6 Å². The standard InChI is InChI=1S/C28H31NO5S/c1-3-35-22-14-21(25(29)24-23(22)26(30)19-6-4-5-7-20(19)27(24)31)28(32)34-18-11-9-15-12-17(33-2)10-8-16(15)13-18/h4-7,14-18H,3,8-13,29H2,1-2H3. The number of fused-ring (bicyclic) bond motifs is 3. The summed E-state index contributed by atoms with van der Waals surface area (Å²) >= 11 is 1.43. The molecule has 2 fully saturated rings. The quantitative estimate of drug-likeness (QED) is 0.293. The first-order valence-corrected chi connectivity index (χ1v) is 13.4. The molecule has 184 valence electrons. The number of nitrogen functional groups attached to an aromatic ring is 1. The van der Waals surface area contributed by atoms with Crippen LogP contribution in [0.25, 0.3) is 0 Å². The average Bonchev–Trinajstić information content (AvgIpc) is 2.87. The summed E-state index contributed by atoms with van der Waals surface area (Å²) in [4.78, 5) is 40.7. The summed E-state index contributed by atoms with van der Waals surface area (Å²) in [5, 5.41) is 0. The van der Waals surface area contributed by atoms with Crippen LogP contribution in [-0.4, -0.2) is 42.6 Å². The number of nitrogens with two attached hydrogens (primary N) is 1. The molecule has 0 heterocycles. The second kappa shape index (κ2) is 9.78. The summed E-state index contributed by atoms with van der Waals surface area (Å²) in [7, 11) is 1.78. The lowest BCUT2D eigenvalue weighted by atomic mass is 9.69. The highest BCUT2D eigenvalue weighted by Crippen LogP contribution is 2.43. The highest BCUT2D eigenvalue weighted by molar-refractivity contribution is 7.99. The van der Waals surface area contributed by atoms with Crippen molar-refractivity contribution in [2.75, 3.05) is 18.6 Å². The Labute approximate surface area is 209 Å². The molecule has 0 spiro atoms. The number of hydrogen-bond acceptors (Lipinski definition) is 7. The van der Waals surface area contributed by atoms with E-state index in [9.17, 15) is 14.4 Å². The third-order valence-corrected chi connectivity index (χ3v) is 8.77. The number of benzene rings is 2. The van der Waals surface area contributed by atoms with Crippen LogP contribution in [0, 0.1) is 11.8 Å². The maximum absolute atomic E-state index is 13.4. The zero-order valence-electron chi connectivity index (χ0n) is 20.2. The number of carbonyl (C=O) groups is 3. The number of carbonyl (C=O) groups excluding carboxylic acids is 3. The number of methoxy groups -OCH3 is 1. The van der Waals surface area contributed by atoms with E-state index in [1.165, 1.54) is 11.8 Å². The van der Waals surface area contributed by atoms with Crippen molar-refractivity contribution in [3.63, 3.8) is 0 Å². The van der Waals surface area contributed by atoms with Crippen LogP contribution in [0.15, 0.2) is 35.2 Å². The van der Waals surface area contributed by atoms with E-state index in [2.05, 4.69) is 0 Å². The van der Waals surface area contributed by atoms with E-state index in [-0.39, 0.29) is 34.5 Å². The van der Waals surface area contributed by atoms with Crippen molar-refractivity contribution in [1.82, 2.24) is 0 Å². The number of esters is 1. The Kier molecular flexibility index (Phi) is 6.73. The Morgan fingerprint density at radius 3 is 2.20 bits per heavy atom. The maximum Gasteiger partial charge on any atom is 0.340 e. The van der Waals surface area contributed by atoms with Gasteiger partial charge in [-0.2, -0.15) is 0 Å². The predicted molar refractivity (Wildman–Crippen MR) is 135 cm³/mol. The molecule has 2 N–H and O–H groups in total. The summed E-state index contributed by atoms with van der Waals surface area (Å²) in [6.45, 7) is 1.96. The van der Waals surface area contributed by atoms with Crippen molar-refractivity contribution in [3.8, 4) is 0 Å². The zero-order chi connectivity index (χ0) is 24.7. The molecule has 0 aromatic heterocycles. The molecule has 4 atom stereocenters. The minimum absolute atomic E-state index is 0.0348. The van der Waals surface area contributed by atoms with Crippen molar-refractivity contribution in [1.29, 1.82) is 0 Å². The van der Waals surface area contributed by atoms with Gasteiger partial charge in [-0.05, 0) is 62.2 Å². The summed E-state index contributed by atoms with van der Waals surface area (Å²) in [6.07, 6.45) is 6.06. The SMILES string of the molecule is CCSc1cc(C(=O)OC2CCC3CC(OC)CCC3C2)c(N)c2c1C(=O)c1ccccc1C2=O. The summed E-state index contributed by atoms with van der Waals surface area (Å²) in [5.74, 6) is 0.765. The summed E-state index contributed by atoms with van der Waals surface area (Å²) < 4.78 is 11.5. The molecule has 3 aliphatic carbocycles. The molecule has 0 saturated heterocycles. The molecule has 7 heteroatoms. The van der Waals surface area contributed by atoms with E-state index in [4.69, 9.17) is 15.2 Å². The summed E-state index contributed by atoms with van der Waals surface area (Å²) in [5.41, 5.74) is 7.75. The average molecular weight is 494 g/mol. The van der Waals surface area contributed by atoms with Crippen molar-refractivity contribution in [3.05, 3.63) is 58.1 Å². The largest absolute Gasteiger partial charge is 0.459 e. The van der Waals surface area contributed by atoms with Crippen LogP contribution in [-0.2, 0) is 9.47 Å². The van der Waals surface area contributed by atoms with Crippen molar-refractivity contribution >= 4 is 35.0 Å². The number of thioether (sulfide) groups is 1. The smallest absolute Gasteiger partial charge is 0.340 e. The van der Waals surface area contributed by atoms with Crippen LogP contribution in [0.5, 0.6) is 0 Å². The highest BCUT2D eigenvalue weighted by Gasteiger charge is 2.39. The van der Waals surface area contributed by atoms with Crippen LogP contribution < -0.4 is 5.73 Å². The van der Waals surface area contributed by atoms with Gasteiger partial charge in [0.25, 0.3) is 0 Å². The van der Waals surface area contributed by atoms with Gasteiger partial charge in [-0.25, -0.2) is 4.79 Å². The molecule has 3 aliphatic rings. The molecule has 0 amide bonds. The Morgan fingerprint density at radius 2 is 1.57 bits per heavy atom. The third kappa shape index (κ3) is 4.29. The van der Waals surface area contributed by atoms with Crippen LogP contribution in [0.2, 0.25) is 0 Å². The van der Waals surface area contributed by atoms with E-state index in [1.807, 2.05) is 6.92 Å². The van der Waals surface area contributed by atoms with Crippen molar-refractivity contribution < 1.29 is 23.9 Å². The fourth-order valence-electron chi connectivity index (χ4n) is 6.06. The molecule has 0 aliphatic heterocycles. The second-order valence-corrected chi connectivity index (χ2v) is 11.1. The van der Waals surface area contributed by atoms with E-state index in [1.54, 1.807) is 37.4 Å². The number of hydrogen-bond donors (Lipinski definition) is 1. The van der Waals surface area contributed by atoms with E-state index >= 15 is 0 Å². The molecular formula is C28H31NO5S. The van der Waals surface area contributed by atoms with Gasteiger partial charge < -0.3 is 15.2 Å². The van der Waals surface area contributed by atoms with Gasteiger partial charge in [0.1, 0.15) is 6.10 Å². The topological polar surface area (TPSA) is 95.7 Å². The fraction of sp³-hybridized carbons (Fsp3) is 0.464. The third-order valence-electron chi connectivity index (χ3n) is 7.85. The van der Waals surface area contributed by atoms with Crippen LogP contribution in [0.1, 0.15) is 87.6 Å². The van der Waals surface area contributed by atoms with Gasteiger partial charge >= 0.3 is 5.97 Å². The maximum atomic E-state index is 13.4. The van der Waals surface area contributed by atoms with Gasteiger partial charge in [0.15, 0.2) is 11.6 Å². The monoisotopic (exact) mass is 493 g/mol. The second-order valence-electron chi connectivity index (χ2n) is 9.75. The molecule has 2 aromatic rings. The molecule has 5 rings (SSSR count). The lowest BCUT2D eigenvalue weighted by Gasteiger charge is -2.41. The van der Waals surface area contributed by atoms with E-state index in [0.717, 1.165) is 38.5 Å². The van der Waals surface area contributed by atoms with Crippen LogP contribution >= 0.6 is 11.8 Å². The zero-order valence-corrected chi connectivity index (χ0v) is 21.0. The predicted octanol–water partition coefficient (Wildman–Crippen LogP) is 5.30. The summed E-state index contributed by atoms with van der Waals surface area (Å²) in [6, 6.07) is 8.40. The Morgan fingerprint density at radius 1 is 0.971 bits per heavy atom. The lowest BCUT2D eigenvalue weighted by molar-refractivity contribution is -0.0274. The Balaban J connectivity index is 1.43. The minimum Gasteiger partial charge on any atom is -0.459 e. The Hall–Kier alpha value is -2.64.